The van der Waals surface area contributed by atoms with E-state index in [1.807, 2.05) is 32.1 Å². The summed E-state index contributed by atoms with van der Waals surface area (Å²) in [6.45, 7) is 6.98. The van der Waals surface area contributed by atoms with Gasteiger partial charge in [-0.25, -0.2) is 0 Å². The molecule has 1 heterocycles. The maximum absolute atomic E-state index is 12.3. The Balaban J connectivity index is 1.75. The molecule has 0 radical (unpaired) electrons. The van der Waals surface area contributed by atoms with Gasteiger partial charge in [0, 0.05) is 30.8 Å². The van der Waals surface area contributed by atoms with Crippen LogP contribution in [0, 0.1) is 5.92 Å². The minimum absolute atomic E-state index is 0.00920. The van der Waals surface area contributed by atoms with Gasteiger partial charge in [0.2, 0.25) is 11.8 Å². The van der Waals surface area contributed by atoms with Crippen LogP contribution in [0.2, 0.25) is 0 Å². The molecule has 1 unspecified atom stereocenters. The second-order valence-corrected chi connectivity index (χ2v) is 8.39. The van der Waals surface area contributed by atoms with Gasteiger partial charge in [0.1, 0.15) is 0 Å². The number of anilines is 1. The first-order chi connectivity index (χ1) is 13.4. The highest BCUT2D eigenvalue weighted by Crippen LogP contribution is 2.23. The molecule has 152 valence electrons. The van der Waals surface area contributed by atoms with Gasteiger partial charge in [-0.1, -0.05) is 32.9 Å². The summed E-state index contributed by atoms with van der Waals surface area (Å²) in [4.78, 5) is 35.8. The number of hydrogen-bond donors (Lipinski definition) is 3. The molecule has 1 aromatic carbocycles. The molecule has 28 heavy (non-hydrogen) atoms. The van der Waals surface area contributed by atoms with Crippen LogP contribution in [0.3, 0.4) is 0 Å². The van der Waals surface area contributed by atoms with E-state index in [-0.39, 0.29) is 28.9 Å². The van der Waals surface area contributed by atoms with E-state index in [0.717, 1.165) is 17.0 Å². The Labute approximate surface area is 170 Å². The van der Waals surface area contributed by atoms with Crippen molar-refractivity contribution in [3.05, 3.63) is 41.5 Å². The van der Waals surface area contributed by atoms with E-state index < -0.39 is 0 Å². The summed E-state index contributed by atoms with van der Waals surface area (Å²) in [6, 6.07) is 5.30. The molecule has 0 aliphatic carbocycles. The first kappa shape index (κ1) is 22.0. The molecule has 0 spiro atoms. The van der Waals surface area contributed by atoms with Crippen LogP contribution in [-0.2, 0) is 16.0 Å². The third-order valence-corrected chi connectivity index (χ3v) is 5.87. The highest BCUT2D eigenvalue weighted by Gasteiger charge is 2.21. The Hall–Kier alpha value is -2.28. The lowest BCUT2D eigenvalue weighted by molar-refractivity contribution is -0.121. The van der Waals surface area contributed by atoms with Gasteiger partial charge in [-0.2, -0.15) is 0 Å². The summed E-state index contributed by atoms with van der Waals surface area (Å²) >= 11 is 1.66. The third kappa shape index (κ3) is 6.41. The van der Waals surface area contributed by atoms with Crippen LogP contribution in [-0.4, -0.2) is 41.8 Å². The summed E-state index contributed by atoms with van der Waals surface area (Å²) < 4.78 is 0. The maximum atomic E-state index is 12.3. The molecular weight excluding hydrogens is 374 g/mol. The zero-order valence-corrected chi connectivity index (χ0v) is 17.5. The van der Waals surface area contributed by atoms with Gasteiger partial charge in [0.25, 0.3) is 5.91 Å². The van der Waals surface area contributed by atoms with E-state index in [9.17, 15) is 14.4 Å². The topological polar surface area (TPSA) is 87.3 Å². The fraction of sp³-hybridized carbons (Fsp3) is 0.476. The number of nitrogens with one attached hydrogen (secondary N) is 3. The van der Waals surface area contributed by atoms with Gasteiger partial charge in [0.15, 0.2) is 0 Å². The molecule has 0 aromatic heterocycles. The average molecular weight is 404 g/mol. The van der Waals surface area contributed by atoms with Gasteiger partial charge in [-0.3, -0.25) is 14.4 Å². The first-order valence-electron chi connectivity index (χ1n) is 9.67. The molecule has 1 aliphatic heterocycles. The highest BCUT2D eigenvalue weighted by molar-refractivity contribution is 8.00. The molecule has 6 nitrogen and oxygen atoms in total. The normalized spacial score (nSPS) is 14.5. The Kier molecular flexibility index (Phi) is 8.57. The number of hydrogen-bond acceptors (Lipinski definition) is 4. The van der Waals surface area contributed by atoms with Crippen molar-refractivity contribution in [2.75, 3.05) is 24.2 Å². The lowest BCUT2D eigenvalue weighted by Gasteiger charge is -2.18. The molecule has 0 bridgehead atoms. The van der Waals surface area contributed by atoms with Crippen LogP contribution in [0.15, 0.2) is 30.4 Å². The lowest BCUT2D eigenvalue weighted by atomic mass is 10.00. The monoisotopic (exact) mass is 403 g/mol. The van der Waals surface area contributed by atoms with Crippen LogP contribution in [0.1, 0.15) is 43.1 Å². The summed E-state index contributed by atoms with van der Waals surface area (Å²) in [7, 11) is 0. The second kappa shape index (κ2) is 10.9. The van der Waals surface area contributed by atoms with Crippen LogP contribution in [0.5, 0.6) is 0 Å². The molecule has 0 fully saturated rings. The molecule has 7 heteroatoms. The predicted molar refractivity (Wildman–Crippen MR) is 115 cm³/mol. The number of benzene rings is 1. The van der Waals surface area contributed by atoms with E-state index in [2.05, 4.69) is 22.9 Å². The van der Waals surface area contributed by atoms with Gasteiger partial charge in [-0.15, -0.1) is 11.8 Å². The fourth-order valence-corrected chi connectivity index (χ4v) is 3.93. The number of thioether (sulfide) groups is 1. The summed E-state index contributed by atoms with van der Waals surface area (Å²) in [6.07, 6.45) is 4.76. The predicted octanol–water partition coefficient (Wildman–Crippen LogP) is 2.75. The second-order valence-electron chi connectivity index (χ2n) is 6.97. The zero-order valence-electron chi connectivity index (χ0n) is 16.7. The zero-order chi connectivity index (χ0) is 20.5. The van der Waals surface area contributed by atoms with E-state index in [4.69, 9.17) is 0 Å². The largest absolute Gasteiger partial charge is 0.352 e. The van der Waals surface area contributed by atoms with Gasteiger partial charge in [0.05, 0.1) is 5.25 Å². The van der Waals surface area contributed by atoms with Gasteiger partial charge >= 0.3 is 0 Å². The number of rotatable bonds is 9. The van der Waals surface area contributed by atoms with Gasteiger partial charge < -0.3 is 16.0 Å². The minimum Gasteiger partial charge on any atom is -0.352 e. The molecular formula is C21H29N3O3S. The number of aryl methyl sites for hydroxylation is 1. The quantitative estimate of drug-likeness (QED) is 0.553. The molecule has 2 rings (SSSR count). The minimum atomic E-state index is -0.160. The van der Waals surface area contributed by atoms with Crippen LogP contribution in [0.25, 0.3) is 0 Å². The van der Waals surface area contributed by atoms with Crippen molar-refractivity contribution < 1.29 is 14.4 Å². The lowest BCUT2D eigenvalue weighted by Crippen LogP contribution is -2.36. The molecule has 1 aromatic rings. The number of carbonyl (C=O) groups is 3. The van der Waals surface area contributed by atoms with Crippen molar-refractivity contribution >= 4 is 35.2 Å². The van der Waals surface area contributed by atoms with E-state index in [0.29, 0.717) is 31.5 Å². The first-order valence-corrected chi connectivity index (χ1v) is 10.7. The average Bonchev–Trinajstić information content (AvgIpc) is 2.67. The van der Waals surface area contributed by atoms with Gasteiger partial charge in [-0.05, 0) is 41.9 Å². The number of carbonyl (C=O) groups excluding carboxylic acids is 3. The van der Waals surface area contributed by atoms with Crippen molar-refractivity contribution in [3.8, 4) is 0 Å². The molecule has 3 N–H and O–H groups in total. The Bertz CT molecular complexity index is 746. The number of fused-ring (bicyclic) bond motifs is 1. The smallest absolute Gasteiger partial charge is 0.251 e. The molecule has 1 atom stereocenters. The van der Waals surface area contributed by atoms with Crippen molar-refractivity contribution in [2.45, 2.75) is 38.9 Å². The van der Waals surface area contributed by atoms with Crippen molar-refractivity contribution in [2.24, 2.45) is 5.92 Å². The molecule has 0 saturated carbocycles. The van der Waals surface area contributed by atoms with Crippen molar-refractivity contribution in [1.29, 1.82) is 0 Å². The summed E-state index contributed by atoms with van der Waals surface area (Å²) in [5.41, 5.74) is 2.34. The van der Waals surface area contributed by atoms with Crippen LogP contribution in [0.4, 0.5) is 5.69 Å². The Morgan fingerprint density at radius 3 is 2.57 bits per heavy atom. The van der Waals surface area contributed by atoms with E-state index >= 15 is 0 Å². The Morgan fingerprint density at radius 2 is 1.89 bits per heavy atom. The SMILES string of the molecule is CCSC(C(=O)NC/C=C\CNC(=O)c1ccc2c(c1)CCC(=O)N2)C(C)C. The standard InChI is InChI=1S/C21H29N3O3S/c1-4-28-19(14(2)3)21(27)23-12-6-5-11-22-20(26)16-7-9-17-15(13-16)8-10-18(25)24-17/h5-7,9,13-14,19H,4,8,10-12H2,1-3H3,(H,22,26)(H,23,27)(H,24,25)/b6-5-. The van der Waals surface area contributed by atoms with Crippen molar-refractivity contribution in [1.82, 2.24) is 10.6 Å². The highest BCUT2D eigenvalue weighted by atomic mass is 32.2. The van der Waals surface area contributed by atoms with E-state index in [1.165, 1.54) is 0 Å². The molecule has 1 aliphatic rings. The third-order valence-electron chi connectivity index (χ3n) is 4.41. The molecule has 3 amide bonds. The van der Waals surface area contributed by atoms with Crippen LogP contribution >= 0.6 is 11.8 Å². The number of amides is 3. The molecule has 0 saturated heterocycles. The summed E-state index contributed by atoms with van der Waals surface area (Å²) in [5, 5.41) is 8.52. The van der Waals surface area contributed by atoms with E-state index in [1.54, 1.807) is 23.9 Å². The fourth-order valence-electron chi connectivity index (χ4n) is 2.96. The Morgan fingerprint density at radius 1 is 1.18 bits per heavy atom. The maximum Gasteiger partial charge on any atom is 0.251 e. The van der Waals surface area contributed by atoms with Crippen molar-refractivity contribution in [3.63, 3.8) is 0 Å². The summed E-state index contributed by atoms with van der Waals surface area (Å²) in [5.74, 6) is 1.10. The van der Waals surface area contributed by atoms with Crippen LogP contribution < -0.4 is 16.0 Å².